The average molecular weight is 241 g/mol. The Morgan fingerprint density at radius 3 is 1.82 bits per heavy atom. The molecule has 0 aromatic carbocycles. The summed E-state index contributed by atoms with van der Waals surface area (Å²) < 4.78 is 18.4. The lowest BCUT2D eigenvalue weighted by Crippen LogP contribution is -2.52. The standard InChI is InChI=1S/C13H23NO3/c1-11(2)15-9-10(16-11)13(4)7-8(14-5)6-12(9,3)17-13/h8-10,14H,6-7H2,1-5H3/t8?,9-,10?,12?,13-/m0/s1. The SMILES string of the molecule is CNC1CC2(C)O[C@@](C)(C1)C1OC(C)(C)O[C@@H]12. The number of hydrogen-bond acceptors (Lipinski definition) is 4. The van der Waals surface area contributed by atoms with Gasteiger partial charge in [-0.1, -0.05) is 0 Å². The van der Waals surface area contributed by atoms with Crippen LogP contribution in [0.15, 0.2) is 0 Å². The van der Waals surface area contributed by atoms with Gasteiger partial charge in [0.05, 0.1) is 11.2 Å². The molecule has 3 unspecified atom stereocenters. The van der Waals surface area contributed by atoms with Gasteiger partial charge in [0.25, 0.3) is 0 Å². The fraction of sp³-hybridized carbons (Fsp3) is 1.00. The van der Waals surface area contributed by atoms with Crippen molar-refractivity contribution in [2.24, 2.45) is 0 Å². The summed E-state index contributed by atoms with van der Waals surface area (Å²) in [4.78, 5) is 0. The second-order valence-corrected chi connectivity index (χ2v) is 6.60. The molecule has 98 valence electrons. The monoisotopic (exact) mass is 241 g/mol. The van der Waals surface area contributed by atoms with E-state index < -0.39 is 5.79 Å². The van der Waals surface area contributed by atoms with Gasteiger partial charge in [-0.15, -0.1) is 0 Å². The molecule has 4 heteroatoms. The molecule has 3 aliphatic heterocycles. The molecule has 5 atom stereocenters. The largest absolute Gasteiger partial charge is 0.363 e. The van der Waals surface area contributed by atoms with Gasteiger partial charge < -0.3 is 19.5 Å². The van der Waals surface area contributed by atoms with Crippen LogP contribution in [-0.4, -0.2) is 42.3 Å². The van der Waals surface area contributed by atoms with Crippen LogP contribution < -0.4 is 5.32 Å². The lowest BCUT2D eigenvalue weighted by molar-refractivity contribution is -0.242. The summed E-state index contributed by atoms with van der Waals surface area (Å²) in [5.41, 5.74) is -0.446. The predicted molar refractivity (Wildman–Crippen MR) is 63.8 cm³/mol. The van der Waals surface area contributed by atoms with Crippen LogP contribution in [0.3, 0.4) is 0 Å². The predicted octanol–water partition coefficient (Wildman–Crippen LogP) is 1.44. The molecule has 0 amide bonds. The summed E-state index contributed by atoms with van der Waals surface area (Å²) in [5.74, 6) is -0.478. The first-order valence-corrected chi connectivity index (χ1v) is 6.51. The molecule has 3 heterocycles. The molecular weight excluding hydrogens is 218 g/mol. The second-order valence-electron chi connectivity index (χ2n) is 6.60. The van der Waals surface area contributed by atoms with Gasteiger partial charge in [0.2, 0.25) is 0 Å². The molecule has 3 rings (SSSR count). The molecule has 2 bridgehead atoms. The smallest absolute Gasteiger partial charge is 0.164 e. The summed E-state index contributed by atoms with van der Waals surface area (Å²) in [6.07, 6.45) is 2.08. The number of rotatable bonds is 1. The van der Waals surface area contributed by atoms with Crippen molar-refractivity contribution in [2.75, 3.05) is 7.05 Å². The van der Waals surface area contributed by atoms with Gasteiger partial charge >= 0.3 is 0 Å². The van der Waals surface area contributed by atoms with Crippen LogP contribution in [0.2, 0.25) is 0 Å². The molecule has 0 spiro atoms. The molecule has 3 saturated heterocycles. The van der Waals surface area contributed by atoms with E-state index in [1.54, 1.807) is 0 Å². The van der Waals surface area contributed by atoms with E-state index in [0.29, 0.717) is 6.04 Å². The number of hydrogen-bond donors (Lipinski definition) is 1. The lowest BCUT2D eigenvalue weighted by Gasteiger charge is -2.43. The maximum Gasteiger partial charge on any atom is 0.164 e. The molecule has 0 aliphatic carbocycles. The third-order valence-corrected chi connectivity index (χ3v) is 4.48. The molecular formula is C13H23NO3. The minimum Gasteiger partial charge on any atom is -0.363 e. The highest BCUT2D eigenvalue weighted by molar-refractivity contribution is 5.15. The Labute approximate surface area is 103 Å². The summed E-state index contributed by atoms with van der Waals surface area (Å²) in [7, 11) is 2.02. The highest BCUT2D eigenvalue weighted by atomic mass is 16.8. The van der Waals surface area contributed by atoms with Crippen LogP contribution in [-0.2, 0) is 14.2 Å². The Hall–Kier alpha value is -0.160. The number of ether oxygens (including phenoxy) is 3. The summed E-state index contributed by atoms with van der Waals surface area (Å²) >= 11 is 0. The van der Waals surface area contributed by atoms with Crippen LogP contribution >= 0.6 is 0 Å². The minimum atomic E-state index is -0.478. The Balaban J connectivity index is 1.95. The highest BCUT2D eigenvalue weighted by Gasteiger charge is 2.68. The zero-order valence-corrected chi connectivity index (χ0v) is 11.4. The quantitative estimate of drug-likeness (QED) is 0.754. The first kappa shape index (κ1) is 11.9. The zero-order chi connectivity index (χ0) is 12.5. The average Bonchev–Trinajstić information content (AvgIpc) is 2.60. The Morgan fingerprint density at radius 2 is 1.41 bits per heavy atom. The molecule has 3 fully saturated rings. The topological polar surface area (TPSA) is 39.7 Å². The van der Waals surface area contributed by atoms with Gasteiger partial charge in [-0.05, 0) is 47.6 Å². The van der Waals surface area contributed by atoms with Crippen LogP contribution in [0.1, 0.15) is 40.5 Å². The van der Waals surface area contributed by atoms with Gasteiger partial charge in [0.1, 0.15) is 12.2 Å². The van der Waals surface area contributed by atoms with Crippen molar-refractivity contribution in [3.05, 3.63) is 0 Å². The second kappa shape index (κ2) is 3.23. The van der Waals surface area contributed by atoms with Crippen molar-refractivity contribution in [1.29, 1.82) is 0 Å². The van der Waals surface area contributed by atoms with Crippen molar-refractivity contribution in [1.82, 2.24) is 5.32 Å². The maximum atomic E-state index is 6.27. The van der Waals surface area contributed by atoms with E-state index in [4.69, 9.17) is 14.2 Å². The minimum absolute atomic E-state index is 0.0563. The van der Waals surface area contributed by atoms with E-state index in [9.17, 15) is 0 Å². The van der Waals surface area contributed by atoms with E-state index >= 15 is 0 Å². The first-order chi connectivity index (χ1) is 7.78. The Bertz CT molecular complexity index is 318. The molecule has 17 heavy (non-hydrogen) atoms. The van der Waals surface area contributed by atoms with Crippen molar-refractivity contribution in [3.8, 4) is 0 Å². The number of fused-ring (bicyclic) bond motifs is 5. The molecule has 0 saturated carbocycles. The van der Waals surface area contributed by atoms with E-state index in [-0.39, 0.29) is 23.4 Å². The molecule has 0 aromatic heterocycles. The van der Waals surface area contributed by atoms with Crippen LogP contribution in [0.4, 0.5) is 0 Å². The molecule has 0 radical (unpaired) electrons. The van der Waals surface area contributed by atoms with Crippen LogP contribution in [0, 0.1) is 0 Å². The third-order valence-electron chi connectivity index (χ3n) is 4.48. The van der Waals surface area contributed by atoms with E-state index in [0.717, 1.165) is 12.8 Å². The Morgan fingerprint density at radius 1 is 0.941 bits per heavy atom. The summed E-state index contributed by atoms with van der Waals surface area (Å²) in [6.45, 7) is 8.29. The van der Waals surface area contributed by atoms with Gasteiger partial charge in [-0.3, -0.25) is 0 Å². The molecule has 3 aliphatic rings. The van der Waals surface area contributed by atoms with Crippen molar-refractivity contribution in [2.45, 2.75) is 75.8 Å². The summed E-state index contributed by atoms with van der Waals surface area (Å²) in [5, 5.41) is 3.37. The van der Waals surface area contributed by atoms with E-state index in [2.05, 4.69) is 19.2 Å². The van der Waals surface area contributed by atoms with Crippen LogP contribution in [0.25, 0.3) is 0 Å². The van der Waals surface area contributed by atoms with Crippen molar-refractivity contribution >= 4 is 0 Å². The van der Waals surface area contributed by atoms with Gasteiger partial charge in [-0.2, -0.15) is 0 Å². The summed E-state index contributed by atoms with van der Waals surface area (Å²) in [6, 6.07) is 0.486. The van der Waals surface area contributed by atoms with Crippen molar-refractivity contribution in [3.63, 3.8) is 0 Å². The molecule has 1 N–H and O–H groups in total. The van der Waals surface area contributed by atoms with Crippen molar-refractivity contribution < 1.29 is 14.2 Å². The first-order valence-electron chi connectivity index (χ1n) is 6.51. The maximum absolute atomic E-state index is 6.27. The third kappa shape index (κ3) is 1.58. The zero-order valence-electron chi connectivity index (χ0n) is 11.4. The molecule has 4 nitrogen and oxygen atoms in total. The fourth-order valence-electron chi connectivity index (χ4n) is 3.87. The number of nitrogens with one attached hydrogen (secondary N) is 1. The van der Waals surface area contributed by atoms with E-state index in [1.807, 2.05) is 20.9 Å². The highest BCUT2D eigenvalue weighted by Crippen LogP contribution is 2.55. The fourth-order valence-corrected chi connectivity index (χ4v) is 3.87. The Kier molecular flexibility index (Phi) is 2.26. The van der Waals surface area contributed by atoms with Gasteiger partial charge in [-0.25, -0.2) is 0 Å². The van der Waals surface area contributed by atoms with Gasteiger partial charge in [0, 0.05) is 6.04 Å². The normalized spacial score (nSPS) is 55.9. The lowest BCUT2D eigenvalue weighted by atomic mass is 9.90. The van der Waals surface area contributed by atoms with E-state index in [1.165, 1.54) is 0 Å². The van der Waals surface area contributed by atoms with Crippen LogP contribution in [0.5, 0.6) is 0 Å². The van der Waals surface area contributed by atoms with Gasteiger partial charge in [0.15, 0.2) is 5.79 Å². The molecule has 0 aromatic rings.